The molecule has 2 aromatic rings. The summed E-state index contributed by atoms with van der Waals surface area (Å²) in [7, 11) is -0.961. The van der Waals surface area contributed by atoms with Crippen LogP contribution in [0.15, 0.2) is 35.2 Å². The Morgan fingerprint density at radius 2 is 1.88 bits per heavy atom. The van der Waals surface area contributed by atoms with Gasteiger partial charge in [0.2, 0.25) is 0 Å². The van der Waals surface area contributed by atoms with Gasteiger partial charge < -0.3 is 20.1 Å². The van der Waals surface area contributed by atoms with Crippen molar-refractivity contribution in [2.24, 2.45) is 0 Å². The van der Waals surface area contributed by atoms with Gasteiger partial charge in [-0.1, -0.05) is 12.2 Å². The molecule has 0 spiro atoms. The predicted octanol–water partition coefficient (Wildman–Crippen LogP) is 4.20. The molecule has 8 nitrogen and oxygen atoms in total. The molecule has 1 saturated heterocycles. The largest absolute Gasteiger partial charge is 0.358 e. The SMILES string of the molecule is CC=CCS(O)(O)c1ccc2c(c1)C(=Cc1[nH]c(C)c(C(=O)N3CCN(C)CC3)c1C)C(=O)N2. The van der Waals surface area contributed by atoms with Crippen LogP contribution in [0.5, 0.6) is 0 Å². The van der Waals surface area contributed by atoms with E-state index < -0.39 is 10.6 Å². The summed E-state index contributed by atoms with van der Waals surface area (Å²) in [4.78, 5) is 33.8. The number of fused-ring (bicyclic) bond motifs is 1. The van der Waals surface area contributed by atoms with E-state index in [2.05, 4.69) is 22.2 Å². The number of allylic oxidation sites excluding steroid dienone is 1. The highest BCUT2D eigenvalue weighted by atomic mass is 32.3. The molecule has 0 atom stereocenters. The van der Waals surface area contributed by atoms with E-state index in [4.69, 9.17) is 0 Å². The van der Waals surface area contributed by atoms with Crippen LogP contribution in [0.2, 0.25) is 0 Å². The number of carbonyl (C=O) groups excluding carboxylic acids is 2. The van der Waals surface area contributed by atoms with Crippen molar-refractivity contribution in [1.82, 2.24) is 14.8 Å². The molecule has 9 heteroatoms. The fraction of sp³-hybridized carbons (Fsp3) is 0.360. The fourth-order valence-corrected chi connectivity index (χ4v) is 5.64. The molecule has 0 unspecified atom stereocenters. The average molecular weight is 485 g/mol. The number of H-pyrrole nitrogens is 1. The highest BCUT2D eigenvalue weighted by molar-refractivity contribution is 8.24. The quantitative estimate of drug-likeness (QED) is 0.376. The smallest absolute Gasteiger partial charge is 0.256 e. The standard InChI is InChI=1S/C25H32N4O4S/c1-5-6-13-34(32,33)18-7-8-21-19(14-18)20(24(30)27-21)15-22-16(2)23(17(3)26-22)25(31)29-11-9-28(4)10-12-29/h5-8,14-15,26,32-33H,9-13H2,1-4H3,(H,27,30). The van der Waals surface area contributed by atoms with Gasteiger partial charge in [0.15, 0.2) is 0 Å². The summed E-state index contributed by atoms with van der Waals surface area (Å²) >= 11 is 0. The van der Waals surface area contributed by atoms with E-state index in [0.29, 0.717) is 46.1 Å². The first-order chi connectivity index (χ1) is 16.1. The maximum atomic E-state index is 13.2. The van der Waals surface area contributed by atoms with E-state index >= 15 is 0 Å². The van der Waals surface area contributed by atoms with E-state index in [-0.39, 0.29) is 17.6 Å². The third kappa shape index (κ3) is 4.56. The Morgan fingerprint density at radius 3 is 2.56 bits per heavy atom. The minimum atomic E-state index is -3.01. The first kappa shape index (κ1) is 24.3. The molecule has 0 radical (unpaired) electrons. The normalized spacial score (nSPS) is 18.6. The molecular weight excluding hydrogens is 452 g/mol. The number of aromatic nitrogens is 1. The molecule has 2 aliphatic heterocycles. The van der Waals surface area contributed by atoms with Crippen LogP contribution in [0.1, 0.15) is 39.8 Å². The maximum absolute atomic E-state index is 13.2. The van der Waals surface area contributed by atoms with Crippen molar-refractivity contribution in [2.45, 2.75) is 25.7 Å². The molecule has 0 saturated carbocycles. The van der Waals surface area contributed by atoms with E-state index in [0.717, 1.165) is 24.3 Å². The zero-order valence-corrected chi connectivity index (χ0v) is 20.8. The number of aryl methyl sites for hydroxylation is 1. The third-order valence-corrected chi connectivity index (χ3v) is 8.15. The number of nitrogens with zero attached hydrogens (tertiary/aromatic N) is 2. The molecule has 4 N–H and O–H groups in total. The summed E-state index contributed by atoms with van der Waals surface area (Å²) in [5.74, 6) is -0.147. The van der Waals surface area contributed by atoms with Crippen molar-refractivity contribution < 1.29 is 18.7 Å². The number of anilines is 1. The summed E-state index contributed by atoms with van der Waals surface area (Å²) in [6.07, 6.45) is 5.23. The summed E-state index contributed by atoms with van der Waals surface area (Å²) in [6, 6.07) is 5.00. The number of nitrogens with one attached hydrogen (secondary N) is 2. The second kappa shape index (κ2) is 9.42. The van der Waals surface area contributed by atoms with Crippen LogP contribution in [0.25, 0.3) is 11.6 Å². The molecule has 34 heavy (non-hydrogen) atoms. The van der Waals surface area contributed by atoms with Crippen LogP contribution in [0, 0.1) is 13.8 Å². The first-order valence-electron chi connectivity index (χ1n) is 11.3. The Morgan fingerprint density at radius 1 is 1.18 bits per heavy atom. The fourth-order valence-electron chi connectivity index (χ4n) is 4.39. The minimum absolute atomic E-state index is 0.000448. The summed E-state index contributed by atoms with van der Waals surface area (Å²) in [6.45, 7) is 8.65. The van der Waals surface area contributed by atoms with Gasteiger partial charge in [0.05, 0.1) is 21.8 Å². The Balaban J connectivity index is 1.68. The number of benzene rings is 1. The molecule has 1 fully saturated rings. The topological polar surface area (TPSA) is 109 Å². The number of likely N-dealkylation sites (N-methyl/N-ethyl adjacent to an activating group) is 1. The minimum Gasteiger partial charge on any atom is -0.358 e. The van der Waals surface area contributed by atoms with Crippen molar-refractivity contribution >= 4 is 39.7 Å². The highest BCUT2D eigenvalue weighted by Crippen LogP contribution is 2.50. The summed E-state index contributed by atoms with van der Waals surface area (Å²) < 4.78 is 21.2. The van der Waals surface area contributed by atoms with Crippen molar-refractivity contribution in [1.29, 1.82) is 0 Å². The lowest BCUT2D eigenvalue weighted by Gasteiger charge is -2.32. The van der Waals surface area contributed by atoms with E-state index in [1.165, 1.54) is 0 Å². The molecule has 4 rings (SSSR count). The van der Waals surface area contributed by atoms with Crippen LogP contribution in [0.3, 0.4) is 0 Å². The Kier molecular flexibility index (Phi) is 6.73. The van der Waals surface area contributed by atoms with Crippen molar-refractivity contribution in [3.8, 4) is 0 Å². The maximum Gasteiger partial charge on any atom is 0.256 e. The average Bonchev–Trinajstić information content (AvgIpc) is 3.26. The molecule has 1 aromatic carbocycles. The predicted molar refractivity (Wildman–Crippen MR) is 137 cm³/mol. The van der Waals surface area contributed by atoms with Gasteiger partial charge in [0, 0.05) is 48.8 Å². The number of aromatic amines is 1. The molecule has 3 heterocycles. The highest BCUT2D eigenvalue weighted by Gasteiger charge is 2.29. The number of piperazine rings is 1. The van der Waals surface area contributed by atoms with Crippen LogP contribution in [-0.2, 0) is 4.79 Å². The lowest BCUT2D eigenvalue weighted by atomic mass is 10.0. The van der Waals surface area contributed by atoms with E-state index in [1.54, 1.807) is 36.4 Å². The number of carbonyl (C=O) groups is 2. The van der Waals surface area contributed by atoms with Crippen LogP contribution in [-0.4, -0.2) is 74.7 Å². The number of amides is 2. The number of hydrogen-bond acceptors (Lipinski definition) is 5. The van der Waals surface area contributed by atoms with E-state index in [9.17, 15) is 18.7 Å². The van der Waals surface area contributed by atoms with Gasteiger partial charge in [-0.05, 0) is 57.7 Å². The molecular formula is C25H32N4O4S. The lowest BCUT2D eigenvalue weighted by Crippen LogP contribution is -2.47. The Bertz CT molecular complexity index is 1190. The molecule has 2 amide bonds. The molecule has 0 bridgehead atoms. The molecule has 1 aromatic heterocycles. The Labute approximate surface area is 201 Å². The second-order valence-corrected chi connectivity index (χ2v) is 11.0. The zero-order valence-electron chi connectivity index (χ0n) is 20.0. The van der Waals surface area contributed by atoms with Gasteiger partial charge in [-0.3, -0.25) is 18.7 Å². The van der Waals surface area contributed by atoms with Crippen LogP contribution >= 0.6 is 10.6 Å². The van der Waals surface area contributed by atoms with Crippen LogP contribution < -0.4 is 5.32 Å². The van der Waals surface area contributed by atoms with E-state index in [1.807, 2.05) is 25.7 Å². The van der Waals surface area contributed by atoms with Crippen molar-refractivity contribution in [3.05, 3.63) is 58.4 Å². The van der Waals surface area contributed by atoms with Gasteiger partial charge in [0.1, 0.15) is 0 Å². The number of hydrogen-bond donors (Lipinski definition) is 4. The van der Waals surface area contributed by atoms with Gasteiger partial charge in [-0.25, -0.2) is 0 Å². The van der Waals surface area contributed by atoms with Gasteiger partial charge in [-0.2, -0.15) is 10.6 Å². The summed E-state index contributed by atoms with van der Waals surface area (Å²) in [5.41, 5.74) is 4.55. The molecule has 2 aliphatic rings. The molecule has 0 aliphatic carbocycles. The zero-order chi connectivity index (χ0) is 24.6. The second-order valence-electron chi connectivity index (χ2n) is 8.88. The van der Waals surface area contributed by atoms with Gasteiger partial charge in [-0.15, -0.1) is 0 Å². The first-order valence-corrected chi connectivity index (χ1v) is 13.1. The van der Waals surface area contributed by atoms with Gasteiger partial charge in [0.25, 0.3) is 11.8 Å². The summed E-state index contributed by atoms with van der Waals surface area (Å²) in [5, 5.41) is 2.84. The Hall–Kier alpha value is -2.85. The van der Waals surface area contributed by atoms with Gasteiger partial charge >= 0.3 is 0 Å². The molecule has 182 valence electrons. The third-order valence-electron chi connectivity index (χ3n) is 6.49. The number of rotatable bonds is 5. The van der Waals surface area contributed by atoms with Crippen molar-refractivity contribution in [3.63, 3.8) is 0 Å². The van der Waals surface area contributed by atoms with Crippen molar-refractivity contribution in [2.75, 3.05) is 44.3 Å². The van der Waals surface area contributed by atoms with Crippen LogP contribution in [0.4, 0.5) is 5.69 Å². The lowest BCUT2D eigenvalue weighted by molar-refractivity contribution is -0.110. The monoisotopic (exact) mass is 484 g/mol.